The number of nitrogens with zero attached hydrogens (tertiary/aromatic N) is 1. The third-order valence-electron chi connectivity index (χ3n) is 2.16. The third kappa shape index (κ3) is 4.55. The minimum atomic E-state index is -3.44. The molecule has 0 aliphatic heterocycles. The summed E-state index contributed by atoms with van der Waals surface area (Å²) in [6.07, 6.45) is 1.04. The maximum atomic E-state index is 11.5. The largest absolute Gasteiger partial charge is 0.465 e. The van der Waals surface area contributed by atoms with E-state index >= 15 is 0 Å². The SMILES string of the molecule is CCOC(=O)CS/C(=N/O)C(C)(C)S(C)(=O)=O. The van der Waals surface area contributed by atoms with Crippen LogP contribution in [-0.4, -0.2) is 48.0 Å². The van der Waals surface area contributed by atoms with Crippen LogP contribution < -0.4 is 0 Å². The van der Waals surface area contributed by atoms with Gasteiger partial charge in [0.1, 0.15) is 9.79 Å². The van der Waals surface area contributed by atoms with Gasteiger partial charge in [0, 0.05) is 6.26 Å². The summed E-state index contributed by atoms with van der Waals surface area (Å²) in [5.41, 5.74) is 0. The molecule has 0 aliphatic carbocycles. The van der Waals surface area contributed by atoms with Crippen LogP contribution in [0.2, 0.25) is 0 Å². The first-order valence-corrected chi connectivity index (χ1v) is 7.75. The van der Waals surface area contributed by atoms with Crippen molar-refractivity contribution < 1.29 is 23.2 Å². The molecule has 0 bridgehead atoms. The van der Waals surface area contributed by atoms with E-state index in [4.69, 9.17) is 5.21 Å². The fourth-order valence-corrected chi connectivity index (χ4v) is 2.54. The summed E-state index contributed by atoms with van der Waals surface area (Å²) in [5.74, 6) is -0.574. The Bertz CT molecular complexity index is 400. The molecule has 0 amide bonds. The van der Waals surface area contributed by atoms with Crippen molar-refractivity contribution in [2.75, 3.05) is 18.6 Å². The van der Waals surface area contributed by atoms with Crippen molar-refractivity contribution in [2.45, 2.75) is 25.5 Å². The van der Waals surface area contributed by atoms with Gasteiger partial charge in [-0.25, -0.2) is 8.42 Å². The van der Waals surface area contributed by atoms with Gasteiger partial charge in [-0.1, -0.05) is 16.9 Å². The highest BCUT2D eigenvalue weighted by atomic mass is 32.2. The maximum absolute atomic E-state index is 11.5. The average Bonchev–Trinajstić information content (AvgIpc) is 2.16. The van der Waals surface area contributed by atoms with Crippen LogP contribution in [0.3, 0.4) is 0 Å². The monoisotopic (exact) mass is 283 g/mol. The number of carbonyl (C=O) groups is 1. The molecule has 1 N–H and O–H groups in total. The highest BCUT2D eigenvalue weighted by molar-refractivity contribution is 8.16. The zero-order chi connectivity index (χ0) is 13.7. The molecule has 8 heteroatoms. The summed E-state index contributed by atoms with van der Waals surface area (Å²) in [6.45, 7) is 4.75. The second kappa shape index (κ2) is 6.25. The number of hydrogen-bond acceptors (Lipinski definition) is 7. The molecule has 100 valence electrons. The van der Waals surface area contributed by atoms with Gasteiger partial charge < -0.3 is 9.94 Å². The second-order valence-corrected chi connectivity index (χ2v) is 7.31. The number of carbonyl (C=O) groups excluding carboxylic acids is 1. The number of esters is 1. The average molecular weight is 283 g/mol. The summed E-state index contributed by atoms with van der Waals surface area (Å²) >= 11 is 0.850. The molecule has 0 heterocycles. The lowest BCUT2D eigenvalue weighted by Crippen LogP contribution is -2.38. The summed E-state index contributed by atoms with van der Waals surface area (Å²) in [6, 6.07) is 0. The van der Waals surface area contributed by atoms with Crippen molar-refractivity contribution in [2.24, 2.45) is 5.16 Å². The molecular formula is C9H17NO5S2. The molecule has 0 rings (SSSR count). The van der Waals surface area contributed by atoms with Crippen LogP contribution in [-0.2, 0) is 19.4 Å². The summed E-state index contributed by atoms with van der Waals surface area (Å²) in [5, 5.41) is 11.7. The lowest BCUT2D eigenvalue weighted by Gasteiger charge is -2.22. The highest BCUT2D eigenvalue weighted by Gasteiger charge is 2.37. The van der Waals surface area contributed by atoms with Crippen molar-refractivity contribution in [3.8, 4) is 0 Å². The van der Waals surface area contributed by atoms with E-state index in [1.165, 1.54) is 13.8 Å². The molecule has 0 atom stereocenters. The molecule has 17 heavy (non-hydrogen) atoms. The summed E-state index contributed by atoms with van der Waals surface area (Å²) in [4.78, 5) is 11.1. The number of sulfone groups is 1. The Morgan fingerprint density at radius 1 is 1.47 bits per heavy atom. The van der Waals surface area contributed by atoms with Crippen LogP contribution in [0.5, 0.6) is 0 Å². The van der Waals surface area contributed by atoms with Crippen LogP contribution in [0.25, 0.3) is 0 Å². The lowest BCUT2D eigenvalue weighted by atomic mass is 10.2. The highest BCUT2D eigenvalue weighted by Crippen LogP contribution is 2.24. The van der Waals surface area contributed by atoms with E-state index in [1.54, 1.807) is 6.92 Å². The molecule has 0 aromatic heterocycles. The smallest absolute Gasteiger partial charge is 0.316 e. The molecule has 0 aliphatic rings. The Morgan fingerprint density at radius 2 is 2.00 bits per heavy atom. The van der Waals surface area contributed by atoms with E-state index < -0.39 is 20.6 Å². The number of ether oxygens (including phenoxy) is 1. The number of thioether (sulfide) groups is 1. The zero-order valence-electron chi connectivity index (χ0n) is 10.3. The molecule has 0 unspecified atom stereocenters. The predicted octanol–water partition coefficient (Wildman–Crippen LogP) is 0.894. The first-order valence-electron chi connectivity index (χ1n) is 4.87. The molecular weight excluding hydrogens is 266 g/mol. The first-order chi connectivity index (χ1) is 7.66. The Labute approximate surface area is 105 Å². The minimum Gasteiger partial charge on any atom is -0.465 e. The fourth-order valence-electron chi connectivity index (χ4n) is 0.812. The summed E-state index contributed by atoms with van der Waals surface area (Å²) < 4.78 is 26.4. The predicted molar refractivity (Wildman–Crippen MR) is 67.2 cm³/mol. The Kier molecular flexibility index (Phi) is 5.97. The quantitative estimate of drug-likeness (QED) is 0.265. The van der Waals surface area contributed by atoms with E-state index in [-0.39, 0.29) is 17.4 Å². The molecule has 0 fully saturated rings. The zero-order valence-corrected chi connectivity index (χ0v) is 11.9. The van der Waals surface area contributed by atoms with Gasteiger partial charge in [0.15, 0.2) is 9.84 Å². The van der Waals surface area contributed by atoms with Crippen LogP contribution in [0.4, 0.5) is 0 Å². The van der Waals surface area contributed by atoms with Crippen molar-refractivity contribution >= 4 is 32.6 Å². The van der Waals surface area contributed by atoms with Crippen molar-refractivity contribution in [1.29, 1.82) is 0 Å². The van der Waals surface area contributed by atoms with Crippen LogP contribution in [0.1, 0.15) is 20.8 Å². The van der Waals surface area contributed by atoms with Gasteiger partial charge in [0.05, 0.1) is 12.4 Å². The van der Waals surface area contributed by atoms with Crippen molar-refractivity contribution in [3.63, 3.8) is 0 Å². The topological polar surface area (TPSA) is 93.0 Å². The number of oxime groups is 1. The fraction of sp³-hybridized carbons (Fsp3) is 0.778. The third-order valence-corrected chi connectivity index (χ3v) is 5.59. The molecule has 0 saturated carbocycles. The normalized spacial score (nSPS) is 13.5. The molecule has 6 nitrogen and oxygen atoms in total. The van der Waals surface area contributed by atoms with E-state index in [9.17, 15) is 13.2 Å². The minimum absolute atomic E-state index is 0.0342. The van der Waals surface area contributed by atoms with E-state index in [2.05, 4.69) is 9.89 Å². The van der Waals surface area contributed by atoms with E-state index in [1.807, 2.05) is 0 Å². The van der Waals surface area contributed by atoms with Crippen LogP contribution in [0, 0.1) is 0 Å². The van der Waals surface area contributed by atoms with Crippen LogP contribution in [0.15, 0.2) is 5.16 Å². The molecule has 0 spiro atoms. The van der Waals surface area contributed by atoms with Gasteiger partial charge >= 0.3 is 5.97 Å². The van der Waals surface area contributed by atoms with Gasteiger partial charge in [-0.05, 0) is 20.8 Å². The van der Waals surface area contributed by atoms with Gasteiger partial charge in [-0.15, -0.1) is 0 Å². The first kappa shape index (κ1) is 16.2. The Morgan fingerprint density at radius 3 is 2.35 bits per heavy atom. The van der Waals surface area contributed by atoms with Crippen molar-refractivity contribution in [3.05, 3.63) is 0 Å². The van der Waals surface area contributed by atoms with Crippen LogP contribution >= 0.6 is 11.8 Å². The Hall–Kier alpha value is -0.760. The molecule has 0 aromatic rings. The standard InChI is InChI=1S/C9H17NO5S2/c1-5-15-7(11)6-16-8(10-12)9(2,3)17(4,13)14/h12H,5-6H2,1-4H3/b10-8+. The number of rotatable bonds is 5. The van der Waals surface area contributed by atoms with Gasteiger partial charge in [0.25, 0.3) is 0 Å². The molecule has 0 aromatic carbocycles. The van der Waals surface area contributed by atoms with Gasteiger partial charge in [0.2, 0.25) is 0 Å². The number of hydrogen-bond donors (Lipinski definition) is 1. The van der Waals surface area contributed by atoms with Gasteiger partial charge in [-0.3, -0.25) is 4.79 Å². The molecule has 0 radical (unpaired) electrons. The maximum Gasteiger partial charge on any atom is 0.316 e. The summed E-state index contributed by atoms with van der Waals surface area (Å²) in [7, 11) is -3.44. The van der Waals surface area contributed by atoms with Gasteiger partial charge in [-0.2, -0.15) is 0 Å². The lowest BCUT2D eigenvalue weighted by molar-refractivity contribution is -0.139. The molecule has 0 saturated heterocycles. The van der Waals surface area contributed by atoms with E-state index in [0.29, 0.717) is 0 Å². The Balaban J connectivity index is 4.74. The van der Waals surface area contributed by atoms with Crippen molar-refractivity contribution in [1.82, 2.24) is 0 Å². The second-order valence-electron chi connectivity index (χ2n) is 3.78. The van der Waals surface area contributed by atoms with E-state index in [0.717, 1.165) is 18.0 Å².